The van der Waals surface area contributed by atoms with Crippen LogP contribution in [0.2, 0.25) is 0 Å². The van der Waals surface area contributed by atoms with E-state index in [1.54, 1.807) is 12.1 Å². The second kappa shape index (κ2) is 7.79. The lowest BCUT2D eigenvalue weighted by Gasteiger charge is -2.25. The Kier molecular flexibility index (Phi) is 5.46. The summed E-state index contributed by atoms with van der Waals surface area (Å²) in [6.07, 6.45) is 2.07. The SMILES string of the molecule is CSCCC(C(=O)Nc1cccc(F)c1O)N1C(=O)c2ccccc2C1=O. The van der Waals surface area contributed by atoms with Crippen molar-refractivity contribution in [2.24, 2.45) is 0 Å². The molecule has 1 unspecified atom stereocenters. The molecular weight excluding hydrogens is 371 g/mol. The first kappa shape index (κ1) is 18.9. The fourth-order valence-electron chi connectivity index (χ4n) is 2.93. The number of halogens is 1. The van der Waals surface area contributed by atoms with Gasteiger partial charge in [-0.1, -0.05) is 18.2 Å². The summed E-state index contributed by atoms with van der Waals surface area (Å²) in [6, 6.07) is 9.03. The van der Waals surface area contributed by atoms with Crippen molar-refractivity contribution in [3.63, 3.8) is 0 Å². The maximum Gasteiger partial charge on any atom is 0.262 e. The van der Waals surface area contributed by atoms with Gasteiger partial charge in [0.25, 0.3) is 11.8 Å². The number of phenolic OH excluding ortho intramolecular Hbond substituents is 1. The highest BCUT2D eigenvalue weighted by Crippen LogP contribution is 2.29. The van der Waals surface area contributed by atoms with Crippen molar-refractivity contribution in [1.29, 1.82) is 0 Å². The van der Waals surface area contributed by atoms with E-state index in [4.69, 9.17) is 0 Å². The van der Waals surface area contributed by atoms with Gasteiger partial charge < -0.3 is 10.4 Å². The molecule has 1 heterocycles. The Hall–Kier alpha value is -2.87. The molecule has 140 valence electrons. The number of hydrogen-bond acceptors (Lipinski definition) is 5. The van der Waals surface area contributed by atoms with E-state index >= 15 is 0 Å². The van der Waals surface area contributed by atoms with E-state index in [0.29, 0.717) is 5.75 Å². The number of benzene rings is 2. The number of amides is 3. The second-order valence-corrected chi connectivity index (χ2v) is 6.93. The number of carbonyl (C=O) groups is 3. The molecule has 3 amide bonds. The summed E-state index contributed by atoms with van der Waals surface area (Å²) in [7, 11) is 0. The average Bonchev–Trinajstić information content (AvgIpc) is 2.91. The van der Waals surface area contributed by atoms with Crippen LogP contribution in [0.15, 0.2) is 42.5 Å². The molecule has 3 rings (SSSR count). The molecule has 0 radical (unpaired) electrons. The third-order valence-corrected chi connectivity index (χ3v) is 4.92. The normalized spacial score (nSPS) is 14.2. The predicted octanol–water partition coefficient (Wildman–Crippen LogP) is 2.89. The lowest BCUT2D eigenvalue weighted by molar-refractivity contribution is -0.120. The fourth-order valence-corrected chi connectivity index (χ4v) is 3.39. The van der Waals surface area contributed by atoms with Gasteiger partial charge in [-0.15, -0.1) is 0 Å². The zero-order valence-electron chi connectivity index (χ0n) is 14.4. The Morgan fingerprint density at radius 3 is 2.37 bits per heavy atom. The minimum atomic E-state index is -1.08. The third-order valence-electron chi connectivity index (χ3n) is 4.28. The number of phenols is 1. The molecule has 0 saturated heterocycles. The summed E-state index contributed by atoms with van der Waals surface area (Å²) in [4.78, 5) is 39.1. The smallest absolute Gasteiger partial charge is 0.262 e. The monoisotopic (exact) mass is 388 g/mol. The predicted molar refractivity (Wildman–Crippen MR) is 100 cm³/mol. The molecule has 0 aliphatic carbocycles. The van der Waals surface area contributed by atoms with E-state index in [9.17, 15) is 23.9 Å². The maximum absolute atomic E-state index is 13.5. The lowest BCUT2D eigenvalue weighted by atomic mass is 10.1. The Morgan fingerprint density at radius 2 is 1.78 bits per heavy atom. The Bertz CT molecular complexity index is 883. The molecule has 27 heavy (non-hydrogen) atoms. The molecule has 1 aliphatic rings. The molecule has 2 aromatic rings. The molecule has 2 aromatic carbocycles. The third kappa shape index (κ3) is 3.52. The highest BCUT2D eigenvalue weighted by atomic mass is 32.2. The largest absolute Gasteiger partial charge is 0.503 e. The van der Waals surface area contributed by atoms with Crippen LogP contribution in [0, 0.1) is 5.82 Å². The van der Waals surface area contributed by atoms with E-state index in [-0.39, 0.29) is 23.2 Å². The highest BCUT2D eigenvalue weighted by Gasteiger charge is 2.42. The number of carbonyl (C=O) groups excluding carboxylic acids is 3. The van der Waals surface area contributed by atoms with E-state index in [0.717, 1.165) is 11.0 Å². The van der Waals surface area contributed by atoms with Crippen LogP contribution in [0.25, 0.3) is 0 Å². The molecule has 0 spiro atoms. The van der Waals surface area contributed by atoms with Gasteiger partial charge in [0, 0.05) is 0 Å². The van der Waals surface area contributed by atoms with E-state index in [1.807, 2.05) is 6.26 Å². The van der Waals surface area contributed by atoms with Gasteiger partial charge in [0.1, 0.15) is 6.04 Å². The van der Waals surface area contributed by atoms with Crippen LogP contribution in [0.5, 0.6) is 5.75 Å². The number of rotatable bonds is 6. The summed E-state index contributed by atoms with van der Waals surface area (Å²) in [5.74, 6) is -2.80. The molecule has 1 aliphatic heterocycles. The van der Waals surface area contributed by atoms with Crippen LogP contribution in [0.4, 0.5) is 10.1 Å². The van der Waals surface area contributed by atoms with Crippen LogP contribution in [0.3, 0.4) is 0 Å². The Balaban J connectivity index is 1.90. The number of aromatic hydroxyl groups is 1. The zero-order valence-corrected chi connectivity index (χ0v) is 15.3. The number of thioether (sulfide) groups is 1. The van der Waals surface area contributed by atoms with Crippen LogP contribution < -0.4 is 5.32 Å². The molecule has 2 N–H and O–H groups in total. The first-order chi connectivity index (χ1) is 13.0. The van der Waals surface area contributed by atoms with Crippen molar-refractivity contribution in [3.8, 4) is 5.75 Å². The summed E-state index contributed by atoms with van der Waals surface area (Å²) in [5, 5.41) is 12.2. The van der Waals surface area contributed by atoms with Gasteiger partial charge in [-0.05, 0) is 42.7 Å². The second-order valence-electron chi connectivity index (χ2n) is 5.95. The van der Waals surface area contributed by atoms with Gasteiger partial charge in [0.05, 0.1) is 16.8 Å². The first-order valence-corrected chi connectivity index (χ1v) is 9.59. The van der Waals surface area contributed by atoms with Gasteiger partial charge in [0.15, 0.2) is 11.6 Å². The first-order valence-electron chi connectivity index (χ1n) is 8.20. The van der Waals surface area contributed by atoms with Gasteiger partial charge in [-0.2, -0.15) is 11.8 Å². The number of hydrogen-bond donors (Lipinski definition) is 2. The standard InChI is InChI=1S/C19H17FN2O4S/c1-27-10-9-15(17(24)21-14-8-4-7-13(20)16(14)23)22-18(25)11-5-2-3-6-12(11)19(22)26/h2-8,15,23H,9-10H2,1H3,(H,21,24). The molecule has 0 aromatic heterocycles. The minimum absolute atomic E-state index is 0.120. The maximum atomic E-state index is 13.5. The van der Waals surface area contributed by atoms with Gasteiger partial charge >= 0.3 is 0 Å². The average molecular weight is 388 g/mol. The molecular formula is C19H17FN2O4S. The molecule has 0 fully saturated rings. The van der Waals surface area contributed by atoms with E-state index in [1.165, 1.54) is 36.0 Å². The number of nitrogens with zero attached hydrogens (tertiary/aromatic N) is 1. The quantitative estimate of drug-likeness (QED) is 0.587. The number of anilines is 1. The number of imide groups is 1. The number of para-hydroxylation sites is 1. The summed E-state index contributed by atoms with van der Waals surface area (Å²) < 4.78 is 13.5. The fraction of sp³-hybridized carbons (Fsp3) is 0.211. The minimum Gasteiger partial charge on any atom is -0.503 e. The molecule has 6 nitrogen and oxygen atoms in total. The van der Waals surface area contributed by atoms with Crippen molar-refractivity contribution in [3.05, 3.63) is 59.4 Å². The van der Waals surface area contributed by atoms with Gasteiger partial charge in [-0.25, -0.2) is 4.39 Å². The zero-order chi connectivity index (χ0) is 19.6. The van der Waals surface area contributed by atoms with Crippen molar-refractivity contribution in [2.45, 2.75) is 12.5 Å². The number of nitrogens with one attached hydrogen (secondary N) is 1. The van der Waals surface area contributed by atoms with Gasteiger partial charge in [-0.3, -0.25) is 19.3 Å². The highest BCUT2D eigenvalue weighted by molar-refractivity contribution is 7.98. The van der Waals surface area contributed by atoms with Crippen LogP contribution in [-0.4, -0.2) is 45.8 Å². The van der Waals surface area contributed by atoms with E-state index in [2.05, 4.69) is 5.32 Å². The van der Waals surface area contributed by atoms with Crippen molar-refractivity contribution in [1.82, 2.24) is 4.90 Å². The molecule has 1 atom stereocenters. The lowest BCUT2D eigenvalue weighted by Crippen LogP contribution is -2.47. The van der Waals surface area contributed by atoms with Crippen LogP contribution >= 0.6 is 11.8 Å². The summed E-state index contributed by atoms with van der Waals surface area (Å²) >= 11 is 1.47. The van der Waals surface area contributed by atoms with Crippen molar-refractivity contribution >= 4 is 35.2 Å². The van der Waals surface area contributed by atoms with E-state index < -0.39 is 35.3 Å². The van der Waals surface area contributed by atoms with Crippen molar-refractivity contribution in [2.75, 3.05) is 17.3 Å². The van der Waals surface area contributed by atoms with Gasteiger partial charge in [0.2, 0.25) is 5.91 Å². The Labute approximate surface area is 159 Å². The Morgan fingerprint density at radius 1 is 1.15 bits per heavy atom. The van der Waals surface area contributed by atoms with Crippen molar-refractivity contribution < 1.29 is 23.9 Å². The molecule has 0 saturated carbocycles. The van der Waals surface area contributed by atoms with Crippen LogP contribution in [0.1, 0.15) is 27.1 Å². The summed E-state index contributed by atoms with van der Waals surface area (Å²) in [5.41, 5.74) is 0.377. The number of fused-ring (bicyclic) bond motifs is 1. The topological polar surface area (TPSA) is 86.7 Å². The van der Waals surface area contributed by atoms with Crippen LogP contribution in [-0.2, 0) is 4.79 Å². The molecule has 8 heteroatoms. The summed E-state index contributed by atoms with van der Waals surface area (Å²) in [6.45, 7) is 0. The molecule has 0 bridgehead atoms.